The Morgan fingerprint density at radius 3 is 3.08 bits per heavy atom. The standard InChI is InChI=1S/C7H4ClN3O/c8-7-6-3-5(10-12)4-11(6)2-1-9-7/h1-4H. The van der Waals surface area contributed by atoms with Crippen molar-refractivity contribution in [2.24, 2.45) is 5.18 Å². The Morgan fingerprint density at radius 2 is 2.42 bits per heavy atom. The molecule has 0 unspecified atom stereocenters. The second-order valence-corrected chi connectivity index (χ2v) is 2.66. The Kier molecular flexibility index (Phi) is 1.55. The summed E-state index contributed by atoms with van der Waals surface area (Å²) in [6.45, 7) is 0. The topological polar surface area (TPSA) is 46.7 Å². The van der Waals surface area contributed by atoms with Crippen molar-refractivity contribution in [3.8, 4) is 0 Å². The molecule has 0 radical (unpaired) electrons. The highest BCUT2D eigenvalue weighted by molar-refractivity contribution is 6.32. The van der Waals surface area contributed by atoms with E-state index in [1.807, 2.05) is 0 Å². The molecule has 2 aromatic heterocycles. The molecule has 2 heterocycles. The van der Waals surface area contributed by atoms with E-state index in [0.29, 0.717) is 16.4 Å². The van der Waals surface area contributed by atoms with Gasteiger partial charge in [0.05, 0.1) is 5.52 Å². The molecular formula is C7H4ClN3O. The van der Waals surface area contributed by atoms with E-state index in [0.717, 1.165) is 0 Å². The van der Waals surface area contributed by atoms with Crippen molar-refractivity contribution < 1.29 is 0 Å². The Bertz CT molecular complexity index is 437. The quantitative estimate of drug-likeness (QED) is 0.634. The zero-order chi connectivity index (χ0) is 8.55. The molecule has 0 aliphatic carbocycles. The SMILES string of the molecule is O=Nc1cc2c(Cl)nccn2c1. The van der Waals surface area contributed by atoms with Gasteiger partial charge in [0.15, 0.2) is 5.15 Å². The highest BCUT2D eigenvalue weighted by Crippen LogP contribution is 2.21. The number of nitrogens with zero attached hydrogens (tertiary/aromatic N) is 3. The minimum absolute atomic E-state index is 0.352. The number of hydrogen-bond donors (Lipinski definition) is 0. The second kappa shape index (κ2) is 2.57. The molecule has 60 valence electrons. The minimum Gasteiger partial charge on any atom is -0.317 e. The van der Waals surface area contributed by atoms with Crippen LogP contribution in [-0.2, 0) is 0 Å². The number of aromatic nitrogens is 2. The van der Waals surface area contributed by atoms with E-state index in [1.165, 1.54) is 0 Å². The van der Waals surface area contributed by atoms with Crippen LogP contribution in [0.4, 0.5) is 5.69 Å². The smallest absolute Gasteiger partial charge is 0.153 e. The lowest BCUT2D eigenvalue weighted by molar-refractivity contribution is 1.14. The lowest BCUT2D eigenvalue weighted by atomic mass is 10.5. The fourth-order valence-corrected chi connectivity index (χ4v) is 1.25. The molecule has 0 aliphatic rings. The Hall–Kier alpha value is -1.42. The molecule has 0 spiro atoms. The van der Waals surface area contributed by atoms with E-state index in [9.17, 15) is 4.91 Å². The third-order valence-electron chi connectivity index (χ3n) is 1.57. The maximum absolute atomic E-state index is 10.2. The highest BCUT2D eigenvalue weighted by Gasteiger charge is 2.02. The van der Waals surface area contributed by atoms with Crippen molar-refractivity contribution in [2.45, 2.75) is 0 Å². The van der Waals surface area contributed by atoms with E-state index < -0.39 is 0 Å². The van der Waals surface area contributed by atoms with E-state index in [1.54, 1.807) is 29.1 Å². The summed E-state index contributed by atoms with van der Waals surface area (Å²) < 4.78 is 1.70. The van der Waals surface area contributed by atoms with Gasteiger partial charge in [0.25, 0.3) is 0 Å². The summed E-state index contributed by atoms with van der Waals surface area (Å²) in [5, 5.41) is 3.16. The van der Waals surface area contributed by atoms with Crippen molar-refractivity contribution >= 4 is 22.8 Å². The molecule has 0 saturated heterocycles. The van der Waals surface area contributed by atoms with Crippen molar-refractivity contribution in [1.29, 1.82) is 0 Å². The first-order valence-corrected chi connectivity index (χ1v) is 3.64. The zero-order valence-corrected chi connectivity index (χ0v) is 6.69. The average Bonchev–Trinajstić information content (AvgIpc) is 2.49. The van der Waals surface area contributed by atoms with Gasteiger partial charge < -0.3 is 4.40 Å². The molecule has 2 aromatic rings. The van der Waals surface area contributed by atoms with Gasteiger partial charge in [-0.1, -0.05) is 11.6 Å². The fourth-order valence-electron chi connectivity index (χ4n) is 1.04. The van der Waals surface area contributed by atoms with Gasteiger partial charge in [0.2, 0.25) is 0 Å². The third kappa shape index (κ3) is 0.967. The van der Waals surface area contributed by atoms with Crippen LogP contribution in [0, 0.1) is 4.91 Å². The van der Waals surface area contributed by atoms with Crippen LogP contribution in [0.3, 0.4) is 0 Å². The highest BCUT2D eigenvalue weighted by atomic mass is 35.5. The molecule has 5 heteroatoms. The van der Waals surface area contributed by atoms with E-state index in [-0.39, 0.29) is 0 Å². The largest absolute Gasteiger partial charge is 0.317 e. The van der Waals surface area contributed by atoms with E-state index in [4.69, 9.17) is 11.6 Å². The molecule has 4 nitrogen and oxygen atoms in total. The van der Waals surface area contributed by atoms with Gasteiger partial charge in [0.1, 0.15) is 5.69 Å². The monoisotopic (exact) mass is 181 g/mol. The van der Waals surface area contributed by atoms with Crippen LogP contribution in [0.15, 0.2) is 29.8 Å². The molecule has 0 saturated carbocycles. The normalized spacial score (nSPS) is 10.4. The summed E-state index contributed by atoms with van der Waals surface area (Å²) in [6, 6.07) is 1.59. The van der Waals surface area contributed by atoms with Crippen LogP contribution in [0.5, 0.6) is 0 Å². The van der Waals surface area contributed by atoms with Gasteiger partial charge in [-0.3, -0.25) is 0 Å². The van der Waals surface area contributed by atoms with E-state index in [2.05, 4.69) is 10.2 Å². The van der Waals surface area contributed by atoms with Crippen molar-refractivity contribution in [3.63, 3.8) is 0 Å². The molecule has 0 N–H and O–H groups in total. The molecule has 0 fully saturated rings. The summed E-state index contributed by atoms with van der Waals surface area (Å²) in [5.74, 6) is 0. The van der Waals surface area contributed by atoms with Crippen molar-refractivity contribution in [1.82, 2.24) is 9.38 Å². The summed E-state index contributed by atoms with van der Waals surface area (Å²) in [6.07, 6.45) is 4.86. The van der Waals surface area contributed by atoms with Crippen LogP contribution in [0.25, 0.3) is 5.52 Å². The van der Waals surface area contributed by atoms with Crippen LogP contribution >= 0.6 is 11.6 Å². The number of hydrogen-bond acceptors (Lipinski definition) is 3. The van der Waals surface area contributed by atoms with Gasteiger partial charge in [-0.05, 0) is 11.2 Å². The van der Waals surface area contributed by atoms with Crippen molar-refractivity contribution in [2.75, 3.05) is 0 Å². The third-order valence-corrected chi connectivity index (χ3v) is 1.86. The lowest BCUT2D eigenvalue weighted by Gasteiger charge is -1.92. The first-order chi connectivity index (χ1) is 5.81. The molecular weight excluding hydrogens is 178 g/mol. The first kappa shape index (κ1) is 7.24. The molecule has 0 bridgehead atoms. The van der Waals surface area contributed by atoms with Gasteiger partial charge in [-0.25, -0.2) is 4.98 Å². The summed E-state index contributed by atoms with van der Waals surface area (Å²) in [5.41, 5.74) is 1.04. The van der Waals surface area contributed by atoms with Gasteiger partial charge in [0, 0.05) is 18.6 Å². The second-order valence-electron chi connectivity index (χ2n) is 2.30. The lowest BCUT2D eigenvalue weighted by Crippen LogP contribution is -1.82. The summed E-state index contributed by atoms with van der Waals surface area (Å²) in [7, 11) is 0. The fraction of sp³-hybridized carbons (Fsp3) is 0. The molecule has 12 heavy (non-hydrogen) atoms. The molecule has 0 aromatic carbocycles. The summed E-state index contributed by atoms with van der Waals surface area (Å²) in [4.78, 5) is 14.0. The molecule has 0 amide bonds. The van der Waals surface area contributed by atoms with Crippen LogP contribution in [0.1, 0.15) is 0 Å². The minimum atomic E-state index is 0.352. The Labute approximate surface area is 72.8 Å². The van der Waals surface area contributed by atoms with Crippen LogP contribution < -0.4 is 0 Å². The molecule has 0 aliphatic heterocycles. The molecule has 0 atom stereocenters. The van der Waals surface area contributed by atoms with Gasteiger partial charge in [-0.15, -0.1) is 4.91 Å². The van der Waals surface area contributed by atoms with Crippen LogP contribution in [0.2, 0.25) is 5.15 Å². The van der Waals surface area contributed by atoms with Crippen molar-refractivity contribution in [3.05, 3.63) is 34.7 Å². The number of halogens is 1. The zero-order valence-electron chi connectivity index (χ0n) is 5.94. The Balaban J connectivity index is 2.82. The Morgan fingerprint density at radius 1 is 1.58 bits per heavy atom. The van der Waals surface area contributed by atoms with Crippen LogP contribution in [-0.4, -0.2) is 9.38 Å². The van der Waals surface area contributed by atoms with Gasteiger partial charge in [-0.2, -0.15) is 0 Å². The number of nitroso groups, excluding NO2 is 1. The predicted molar refractivity (Wildman–Crippen MR) is 45.7 cm³/mol. The molecule has 2 rings (SSSR count). The van der Waals surface area contributed by atoms with Gasteiger partial charge >= 0.3 is 0 Å². The van der Waals surface area contributed by atoms with E-state index >= 15 is 0 Å². The predicted octanol–water partition coefficient (Wildman–Crippen LogP) is 2.39. The summed E-state index contributed by atoms with van der Waals surface area (Å²) >= 11 is 5.75. The number of rotatable bonds is 1. The number of fused-ring (bicyclic) bond motifs is 1. The first-order valence-electron chi connectivity index (χ1n) is 3.27. The average molecular weight is 182 g/mol. The maximum atomic E-state index is 10.2. The maximum Gasteiger partial charge on any atom is 0.153 e.